The lowest BCUT2D eigenvalue weighted by Crippen LogP contribution is -1.99. The molecule has 3 rings (SSSR count). The molecule has 1 aromatic rings. The summed E-state index contributed by atoms with van der Waals surface area (Å²) in [6.07, 6.45) is 14.0. The van der Waals surface area contributed by atoms with E-state index in [0.29, 0.717) is 0 Å². The van der Waals surface area contributed by atoms with E-state index in [1.165, 1.54) is 52.7 Å². The maximum Gasteiger partial charge on any atom is -0.0224 e. The molecule has 0 spiro atoms. The van der Waals surface area contributed by atoms with E-state index in [0.717, 1.165) is 6.42 Å². The van der Waals surface area contributed by atoms with Crippen LogP contribution in [0.3, 0.4) is 0 Å². The van der Waals surface area contributed by atoms with Crippen molar-refractivity contribution in [2.75, 3.05) is 0 Å². The topological polar surface area (TPSA) is 0 Å². The Hall–Kier alpha value is -1.82. The van der Waals surface area contributed by atoms with E-state index in [9.17, 15) is 0 Å². The van der Waals surface area contributed by atoms with Crippen LogP contribution in [0.25, 0.3) is 5.57 Å². The molecule has 0 radical (unpaired) electrons. The van der Waals surface area contributed by atoms with E-state index in [2.05, 4.69) is 62.4 Å². The molecule has 2 aliphatic carbocycles. The van der Waals surface area contributed by atoms with Crippen molar-refractivity contribution in [2.45, 2.75) is 39.5 Å². The van der Waals surface area contributed by atoms with E-state index >= 15 is 0 Å². The monoisotopic (exact) mass is 262 g/mol. The van der Waals surface area contributed by atoms with Gasteiger partial charge in [-0.05, 0) is 61.8 Å². The van der Waals surface area contributed by atoms with Crippen LogP contribution >= 0.6 is 0 Å². The molecule has 2 aliphatic rings. The molecule has 0 amide bonds. The number of hydrogen-bond acceptors (Lipinski definition) is 0. The van der Waals surface area contributed by atoms with Crippen molar-refractivity contribution in [3.63, 3.8) is 0 Å². The van der Waals surface area contributed by atoms with E-state index in [-0.39, 0.29) is 0 Å². The van der Waals surface area contributed by atoms with Gasteiger partial charge in [-0.1, -0.05) is 59.7 Å². The number of aryl methyl sites for hydroxylation is 1. The Kier molecular flexibility index (Phi) is 3.73. The van der Waals surface area contributed by atoms with Gasteiger partial charge in [0.2, 0.25) is 0 Å². The number of rotatable bonds is 2. The summed E-state index contributed by atoms with van der Waals surface area (Å²) in [5.74, 6) is 0. The Balaban J connectivity index is 1.81. The molecule has 0 bridgehead atoms. The molecule has 0 heterocycles. The molecule has 0 aromatic heterocycles. The average molecular weight is 262 g/mol. The number of benzene rings is 1. The molecule has 0 saturated carbocycles. The van der Waals surface area contributed by atoms with Crippen LogP contribution in [0.4, 0.5) is 0 Å². The Morgan fingerprint density at radius 3 is 1.70 bits per heavy atom. The lowest BCUT2D eigenvalue weighted by molar-refractivity contribution is 0.874. The lowest BCUT2D eigenvalue weighted by atomic mass is 9.86. The molecule has 0 heteroatoms. The second-order valence-electron chi connectivity index (χ2n) is 5.95. The minimum Gasteiger partial charge on any atom is -0.0730 e. The van der Waals surface area contributed by atoms with Crippen molar-refractivity contribution in [3.05, 3.63) is 76.4 Å². The normalized spacial score (nSPS) is 18.9. The molecular formula is C20H22. The number of allylic oxidation sites excluding steroid dienone is 8. The summed E-state index contributed by atoms with van der Waals surface area (Å²) in [4.78, 5) is 0. The molecule has 0 unspecified atom stereocenters. The van der Waals surface area contributed by atoms with Crippen molar-refractivity contribution in [2.24, 2.45) is 0 Å². The van der Waals surface area contributed by atoms with Crippen LogP contribution < -0.4 is 0 Å². The van der Waals surface area contributed by atoms with Gasteiger partial charge in [0.05, 0.1) is 0 Å². The predicted octanol–water partition coefficient (Wildman–Crippen LogP) is 5.77. The highest BCUT2D eigenvalue weighted by Gasteiger charge is 2.13. The molecule has 1 aromatic carbocycles. The van der Waals surface area contributed by atoms with E-state index in [1.807, 2.05) is 0 Å². The standard InChI is InChI=1S/C20H22/c1-15-3-7-17(8-4-15)19-11-13-20(14-12-19)18-9-5-16(2)6-10-18/h3-5,7-9,11,13H,6,10,12,14H2,1-2H3. The summed E-state index contributed by atoms with van der Waals surface area (Å²) in [7, 11) is 0. The van der Waals surface area contributed by atoms with Gasteiger partial charge in [0.25, 0.3) is 0 Å². The van der Waals surface area contributed by atoms with Gasteiger partial charge >= 0.3 is 0 Å². The van der Waals surface area contributed by atoms with Gasteiger partial charge in [-0.3, -0.25) is 0 Å². The summed E-state index contributed by atoms with van der Waals surface area (Å²) in [5.41, 5.74) is 8.74. The van der Waals surface area contributed by atoms with Gasteiger partial charge in [0.1, 0.15) is 0 Å². The molecule has 0 atom stereocenters. The molecule has 0 N–H and O–H groups in total. The van der Waals surface area contributed by atoms with Crippen LogP contribution in [0.2, 0.25) is 0 Å². The fourth-order valence-corrected chi connectivity index (χ4v) is 2.92. The maximum atomic E-state index is 2.33. The van der Waals surface area contributed by atoms with Crippen LogP contribution in [0, 0.1) is 6.92 Å². The molecule has 0 saturated heterocycles. The zero-order valence-corrected chi connectivity index (χ0v) is 12.4. The SMILES string of the molecule is CC1=CC=C(C2=CC=C(c3ccc(C)cc3)CC2)CC1. The highest BCUT2D eigenvalue weighted by Crippen LogP contribution is 2.33. The zero-order valence-electron chi connectivity index (χ0n) is 12.4. The minimum absolute atomic E-state index is 1.16. The van der Waals surface area contributed by atoms with Crippen molar-refractivity contribution < 1.29 is 0 Å². The van der Waals surface area contributed by atoms with Gasteiger partial charge in [-0.25, -0.2) is 0 Å². The first kappa shape index (κ1) is 13.2. The summed E-state index contributed by atoms with van der Waals surface area (Å²) >= 11 is 0. The fraction of sp³-hybridized carbons (Fsp3) is 0.300. The van der Waals surface area contributed by atoms with Crippen LogP contribution in [0.1, 0.15) is 43.7 Å². The van der Waals surface area contributed by atoms with Crippen LogP contribution in [0.15, 0.2) is 65.3 Å². The quantitative estimate of drug-likeness (QED) is 0.635. The third-order valence-corrected chi connectivity index (χ3v) is 4.34. The van der Waals surface area contributed by atoms with E-state index in [1.54, 1.807) is 0 Å². The fourth-order valence-electron chi connectivity index (χ4n) is 2.92. The van der Waals surface area contributed by atoms with Crippen LogP contribution in [0.5, 0.6) is 0 Å². The molecular weight excluding hydrogens is 240 g/mol. The minimum atomic E-state index is 1.16. The largest absolute Gasteiger partial charge is 0.0730 e. The van der Waals surface area contributed by atoms with Gasteiger partial charge in [0, 0.05) is 0 Å². The van der Waals surface area contributed by atoms with Gasteiger partial charge in [0.15, 0.2) is 0 Å². The summed E-state index contributed by atoms with van der Waals surface area (Å²) < 4.78 is 0. The smallest absolute Gasteiger partial charge is 0.0224 e. The molecule has 102 valence electrons. The highest BCUT2D eigenvalue weighted by molar-refractivity contribution is 5.69. The van der Waals surface area contributed by atoms with E-state index < -0.39 is 0 Å². The maximum absolute atomic E-state index is 2.33. The lowest BCUT2D eigenvalue weighted by Gasteiger charge is -2.19. The molecule has 20 heavy (non-hydrogen) atoms. The summed E-state index contributed by atoms with van der Waals surface area (Å²) in [6.45, 7) is 4.36. The first-order valence-electron chi connectivity index (χ1n) is 7.56. The van der Waals surface area contributed by atoms with Crippen molar-refractivity contribution in [3.8, 4) is 0 Å². The second kappa shape index (κ2) is 5.66. The van der Waals surface area contributed by atoms with Gasteiger partial charge in [-0.2, -0.15) is 0 Å². The molecule has 0 nitrogen and oxygen atoms in total. The highest BCUT2D eigenvalue weighted by atomic mass is 14.2. The van der Waals surface area contributed by atoms with Crippen molar-refractivity contribution >= 4 is 5.57 Å². The Morgan fingerprint density at radius 1 is 0.600 bits per heavy atom. The average Bonchev–Trinajstić information content (AvgIpc) is 2.49. The predicted molar refractivity (Wildman–Crippen MR) is 87.5 cm³/mol. The Labute approximate surface area is 122 Å². The second-order valence-corrected chi connectivity index (χ2v) is 5.95. The first-order valence-corrected chi connectivity index (χ1v) is 7.56. The zero-order chi connectivity index (χ0) is 13.9. The molecule has 0 aliphatic heterocycles. The van der Waals surface area contributed by atoms with Gasteiger partial charge < -0.3 is 0 Å². The third-order valence-electron chi connectivity index (χ3n) is 4.34. The molecule has 0 fully saturated rings. The third kappa shape index (κ3) is 2.85. The van der Waals surface area contributed by atoms with Crippen LogP contribution in [-0.4, -0.2) is 0 Å². The number of hydrogen-bond donors (Lipinski definition) is 0. The summed E-state index contributed by atoms with van der Waals surface area (Å²) in [5, 5.41) is 0. The van der Waals surface area contributed by atoms with E-state index in [4.69, 9.17) is 0 Å². The Morgan fingerprint density at radius 2 is 1.15 bits per heavy atom. The summed E-state index contributed by atoms with van der Waals surface area (Å²) in [6, 6.07) is 8.89. The van der Waals surface area contributed by atoms with Crippen molar-refractivity contribution in [1.29, 1.82) is 0 Å². The first-order chi connectivity index (χ1) is 9.72. The van der Waals surface area contributed by atoms with Crippen molar-refractivity contribution in [1.82, 2.24) is 0 Å². The Bertz CT molecular complexity index is 619. The van der Waals surface area contributed by atoms with Crippen LogP contribution in [-0.2, 0) is 0 Å². The van der Waals surface area contributed by atoms with Gasteiger partial charge in [-0.15, -0.1) is 0 Å².